The molecule has 0 aliphatic heterocycles. The molecular formula is C14H9ClN2O2. The molecule has 0 bridgehead atoms. The van der Waals surface area contributed by atoms with Gasteiger partial charge in [0.2, 0.25) is 0 Å². The lowest BCUT2D eigenvalue weighted by atomic mass is 10.2. The number of nitrogens with zero attached hydrogens (tertiary/aromatic N) is 2. The molecule has 0 spiro atoms. The summed E-state index contributed by atoms with van der Waals surface area (Å²) in [6, 6.07) is 9.07. The summed E-state index contributed by atoms with van der Waals surface area (Å²) in [5.41, 5.74) is 2.54. The van der Waals surface area contributed by atoms with E-state index in [1.165, 1.54) is 0 Å². The van der Waals surface area contributed by atoms with Crippen molar-refractivity contribution in [2.24, 2.45) is 0 Å². The summed E-state index contributed by atoms with van der Waals surface area (Å²) in [5, 5.41) is 4.97. The van der Waals surface area contributed by atoms with Crippen molar-refractivity contribution in [2.75, 3.05) is 0 Å². The lowest BCUT2D eigenvalue weighted by molar-refractivity contribution is 0.112. The van der Waals surface area contributed by atoms with Crippen molar-refractivity contribution in [3.05, 3.63) is 59.6 Å². The molecule has 1 aromatic carbocycles. The lowest BCUT2D eigenvalue weighted by Gasteiger charge is -2.02. The van der Waals surface area contributed by atoms with Gasteiger partial charge >= 0.3 is 0 Å². The second-order valence-electron chi connectivity index (χ2n) is 3.96. The molecule has 0 N–H and O–H groups in total. The van der Waals surface area contributed by atoms with Crippen LogP contribution in [0, 0.1) is 0 Å². The van der Waals surface area contributed by atoms with Crippen molar-refractivity contribution in [3.63, 3.8) is 0 Å². The molecule has 0 amide bonds. The normalized spacial score (nSPS) is 10.6. The lowest BCUT2D eigenvalue weighted by Crippen LogP contribution is -1.95. The van der Waals surface area contributed by atoms with Crippen molar-refractivity contribution in [3.8, 4) is 16.9 Å². The Morgan fingerprint density at radius 2 is 2.11 bits per heavy atom. The Morgan fingerprint density at radius 3 is 2.79 bits per heavy atom. The van der Waals surface area contributed by atoms with E-state index >= 15 is 0 Å². The minimum atomic E-state index is 0.487. The van der Waals surface area contributed by atoms with Crippen LogP contribution in [0.4, 0.5) is 0 Å². The molecule has 19 heavy (non-hydrogen) atoms. The molecule has 0 saturated carbocycles. The summed E-state index contributed by atoms with van der Waals surface area (Å²) in [7, 11) is 0. The van der Waals surface area contributed by atoms with Gasteiger partial charge in [0.15, 0.2) is 6.29 Å². The summed E-state index contributed by atoms with van der Waals surface area (Å²) in [6.07, 6.45) is 5.50. The number of halogens is 1. The maximum absolute atomic E-state index is 11.1. The quantitative estimate of drug-likeness (QED) is 0.685. The molecule has 0 saturated heterocycles. The third-order valence-electron chi connectivity index (χ3n) is 2.76. The summed E-state index contributed by atoms with van der Waals surface area (Å²) in [4.78, 5) is 11.1. The molecule has 3 aromatic rings. The Kier molecular flexibility index (Phi) is 2.93. The Bertz CT molecular complexity index is 717. The van der Waals surface area contributed by atoms with Crippen LogP contribution in [0.3, 0.4) is 0 Å². The highest BCUT2D eigenvalue weighted by Gasteiger charge is 2.13. The first-order chi connectivity index (χ1) is 9.29. The van der Waals surface area contributed by atoms with Gasteiger partial charge in [-0.05, 0) is 18.2 Å². The fourth-order valence-electron chi connectivity index (χ4n) is 1.86. The Balaban J connectivity index is 2.15. The summed E-state index contributed by atoms with van der Waals surface area (Å²) in [6.45, 7) is 0. The molecule has 0 radical (unpaired) electrons. The molecule has 94 valence electrons. The van der Waals surface area contributed by atoms with Gasteiger partial charge < -0.3 is 4.42 Å². The van der Waals surface area contributed by atoms with Crippen molar-refractivity contribution in [1.82, 2.24) is 9.78 Å². The fourth-order valence-corrected chi connectivity index (χ4v) is 2.08. The molecule has 4 nitrogen and oxygen atoms in total. The monoisotopic (exact) mass is 272 g/mol. The SMILES string of the molecule is O=Cc1cn(-c2ccccc2Cl)nc1-c1ccoc1. The number of carbonyl (C=O) groups is 1. The van der Waals surface area contributed by atoms with Crippen LogP contribution in [0.5, 0.6) is 0 Å². The first kappa shape index (κ1) is 11.7. The number of aromatic nitrogens is 2. The van der Waals surface area contributed by atoms with Gasteiger partial charge in [0, 0.05) is 11.8 Å². The number of hydrogen-bond acceptors (Lipinski definition) is 3. The van der Waals surface area contributed by atoms with E-state index in [9.17, 15) is 4.79 Å². The molecule has 5 heteroatoms. The highest BCUT2D eigenvalue weighted by atomic mass is 35.5. The standard InChI is InChI=1S/C14H9ClN2O2/c15-12-3-1-2-4-13(12)17-7-11(8-18)14(16-17)10-5-6-19-9-10/h1-9H. The number of aldehydes is 1. The molecule has 2 heterocycles. The zero-order chi connectivity index (χ0) is 13.2. The molecule has 2 aromatic heterocycles. The Hall–Kier alpha value is -2.33. The van der Waals surface area contributed by atoms with E-state index in [1.807, 2.05) is 18.2 Å². The van der Waals surface area contributed by atoms with E-state index < -0.39 is 0 Å². The number of rotatable bonds is 3. The van der Waals surface area contributed by atoms with Crippen LogP contribution in [-0.2, 0) is 0 Å². The van der Waals surface area contributed by atoms with Crippen molar-refractivity contribution >= 4 is 17.9 Å². The minimum Gasteiger partial charge on any atom is -0.472 e. The first-order valence-corrected chi connectivity index (χ1v) is 5.99. The Labute approximate surface area is 114 Å². The van der Waals surface area contributed by atoms with Crippen LogP contribution in [0.25, 0.3) is 16.9 Å². The number of furan rings is 1. The van der Waals surface area contributed by atoms with E-state index in [0.717, 1.165) is 17.5 Å². The van der Waals surface area contributed by atoms with Gasteiger partial charge in [-0.1, -0.05) is 23.7 Å². The van der Waals surface area contributed by atoms with Crippen LogP contribution < -0.4 is 0 Å². The highest BCUT2D eigenvalue weighted by Crippen LogP contribution is 2.25. The maximum Gasteiger partial charge on any atom is 0.153 e. The van der Waals surface area contributed by atoms with E-state index in [0.29, 0.717) is 16.3 Å². The van der Waals surface area contributed by atoms with Gasteiger partial charge in [0.05, 0.1) is 28.8 Å². The summed E-state index contributed by atoms with van der Waals surface area (Å²) >= 11 is 6.12. The number of para-hydroxylation sites is 1. The van der Waals surface area contributed by atoms with Crippen LogP contribution in [0.1, 0.15) is 10.4 Å². The fraction of sp³-hybridized carbons (Fsp3) is 0. The van der Waals surface area contributed by atoms with E-state index in [2.05, 4.69) is 5.10 Å². The second kappa shape index (κ2) is 4.74. The van der Waals surface area contributed by atoms with Crippen molar-refractivity contribution < 1.29 is 9.21 Å². The number of hydrogen-bond donors (Lipinski definition) is 0. The third kappa shape index (κ3) is 2.06. The van der Waals surface area contributed by atoms with Gasteiger partial charge in [-0.2, -0.15) is 5.10 Å². The average Bonchev–Trinajstić information content (AvgIpc) is 3.08. The highest BCUT2D eigenvalue weighted by molar-refractivity contribution is 6.32. The summed E-state index contributed by atoms with van der Waals surface area (Å²) in [5.74, 6) is 0. The van der Waals surface area contributed by atoms with Crippen LogP contribution in [0.2, 0.25) is 5.02 Å². The molecule has 0 unspecified atom stereocenters. The van der Waals surface area contributed by atoms with Gasteiger partial charge in [-0.25, -0.2) is 4.68 Å². The Morgan fingerprint density at radius 1 is 1.26 bits per heavy atom. The first-order valence-electron chi connectivity index (χ1n) is 5.62. The molecule has 0 aliphatic carbocycles. The molecule has 0 aliphatic rings. The van der Waals surface area contributed by atoms with E-state index in [-0.39, 0.29) is 0 Å². The largest absolute Gasteiger partial charge is 0.472 e. The average molecular weight is 273 g/mol. The van der Waals surface area contributed by atoms with Gasteiger partial charge in [0.25, 0.3) is 0 Å². The summed E-state index contributed by atoms with van der Waals surface area (Å²) < 4.78 is 6.61. The zero-order valence-corrected chi connectivity index (χ0v) is 10.5. The minimum absolute atomic E-state index is 0.487. The second-order valence-corrected chi connectivity index (χ2v) is 4.37. The van der Waals surface area contributed by atoms with Gasteiger partial charge in [-0.15, -0.1) is 0 Å². The van der Waals surface area contributed by atoms with E-state index in [4.69, 9.17) is 16.0 Å². The van der Waals surface area contributed by atoms with Gasteiger partial charge in [-0.3, -0.25) is 4.79 Å². The molecule has 0 fully saturated rings. The predicted octanol–water partition coefficient (Wildman–Crippen LogP) is 3.60. The predicted molar refractivity (Wildman–Crippen MR) is 71.7 cm³/mol. The number of benzene rings is 1. The van der Waals surface area contributed by atoms with Crippen molar-refractivity contribution in [1.29, 1.82) is 0 Å². The van der Waals surface area contributed by atoms with E-state index in [1.54, 1.807) is 35.5 Å². The topological polar surface area (TPSA) is 48.0 Å². The van der Waals surface area contributed by atoms with Crippen LogP contribution in [0.15, 0.2) is 53.5 Å². The smallest absolute Gasteiger partial charge is 0.153 e. The third-order valence-corrected chi connectivity index (χ3v) is 3.08. The van der Waals surface area contributed by atoms with Crippen LogP contribution in [-0.4, -0.2) is 16.1 Å². The molecule has 3 rings (SSSR count). The maximum atomic E-state index is 11.1. The molecule has 0 atom stereocenters. The zero-order valence-electron chi connectivity index (χ0n) is 9.79. The van der Waals surface area contributed by atoms with Crippen LogP contribution >= 0.6 is 11.6 Å². The number of carbonyl (C=O) groups excluding carboxylic acids is 1. The van der Waals surface area contributed by atoms with Gasteiger partial charge in [0.1, 0.15) is 5.69 Å². The van der Waals surface area contributed by atoms with Crippen molar-refractivity contribution in [2.45, 2.75) is 0 Å². The molecular weight excluding hydrogens is 264 g/mol.